The maximum atomic E-state index is 12.7. The van der Waals surface area contributed by atoms with E-state index in [1.807, 2.05) is 6.92 Å². The van der Waals surface area contributed by atoms with Crippen LogP contribution in [0.4, 0.5) is 13.2 Å². The highest BCUT2D eigenvalue weighted by atomic mass is 79.9. The molecule has 0 aliphatic heterocycles. The predicted octanol–water partition coefficient (Wildman–Crippen LogP) is 4.79. The van der Waals surface area contributed by atoms with Crippen LogP contribution in [-0.4, -0.2) is 15.0 Å². The minimum atomic E-state index is -4.45. The summed E-state index contributed by atoms with van der Waals surface area (Å²) in [5.41, 5.74) is 0.0587. The molecular weight excluding hydrogens is 359 g/mol. The van der Waals surface area contributed by atoms with Gasteiger partial charge < -0.3 is 0 Å². The molecule has 3 nitrogen and oxygen atoms in total. The van der Waals surface area contributed by atoms with Crippen molar-refractivity contribution in [2.75, 3.05) is 0 Å². The van der Waals surface area contributed by atoms with E-state index in [2.05, 4.69) is 26.2 Å². The molecule has 0 amide bonds. The zero-order valence-corrected chi connectivity index (χ0v) is 12.7. The lowest BCUT2D eigenvalue weighted by Gasteiger charge is -2.09. The maximum Gasteiger partial charge on any atom is 0.416 e. The summed E-state index contributed by atoms with van der Waals surface area (Å²) in [6, 6.07) is 3.27. The SMILES string of the molecule is CCC(Br)c1cn(-c2cc(Cl)cc(C(F)(F)F)c2)nn1. The third kappa shape index (κ3) is 3.32. The van der Waals surface area contributed by atoms with Gasteiger partial charge in [-0.2, -0.15) is 13.2 Å². The van der Waals surface area contributed by atoms with E-state index >= 15 is 0 Å². The first kappa shape index (κ1) is 15.3. The fourth-order valence-corrected chi connectivity index (χ4v) is 2.06. The van der Waals surface area contributed by atoms with E-state index < -0.39 is 11.7 Å². The lowest BCUT2D eigenvalue weighted by Crippen LogP contribution is -2.06. The molecule has 1 heterocycles. The van der Waals surface area contributed by atoms with Crippen LogP contribution in [-0.2, 0) is 6.18 Å². The van der Waals surface area contributed by atoms with Crippen molar-refractivity contribution in [2.45, 2.75) is 24.3 Å². The highest BCUT2D eigenvalue weighted by molar-refractivity contribution is 9.09. The van der Waals surface area contributed by atoms with Crippen LogP contribution in [0.5, 0.6) is 0 Å². The van der Waals surface area contributed by atoms with Gasteiger partial charge in [0.05, 0.1) is 28.0 Å². The van der Waals surface area contributed by atoms with Crippen molar-refractivity contribution >= 4 is 27.5 Å². The predicted molar refractivity (Wildman–Crippen MR) is 73.3 cm³/mol. The standard InChI is InChI=1S/C12H10BrClF3N3/c1-2-10(13)11-6-20(19-18-11)9-4-7(12(15,16)17)3-8(14)5-9/h3-6,10H,2H2,1H3. The third-order valence-corrected chi connectivity index (χ3v) is 4.00. The smallest absolute Gasteiger partial charge is 0.220 e. The topological polar surface area (TPSA) is 30.7 Å². The van der Waals surface area contributed by atoms with E-state index in [4.69, 9.17) is 11.6 Å². The van der Waals surface area contributed by atoms with Crippen LogP contribution < -0.4 is 0 Å². The molecule has 108 valence electrons. The molecule has 1 aromatic heterocycles. The van der Waals surface area contributed by atoms with Crippen LogP contribution in [0.1, 0.15) is 29.4 Å². The van der Waals surface area contributed by atoms with E-state index in [-0.39, 0.29) is 15.5 Å². The summed E-state index contributed by atoms with van der Waals surface area (Å²) >= 11 is 9.14. The van der Waals surface area contributed by atoms with Crippen molar-refractivity contribution in [3.63, 3.8) is 0 Å². The summed E-state index contributed by atoms with van der Waals surface area (Å²) in [6.45, 7) is 1.96. The third-order valence-electron chi connectivity index (χ3n) is 2.66. The molecule has 8 heteroatoms. The Morgan fingerprint density at radius 3 is 2.65 bits per heavy atom. The normalized spacial score (nSPS) is 13.5. The van der Waals surface area contributed by atoms with Gasteiger partial charge in [-0.15, -0.1) is 5.10 Å². The first-order valence-electron chi connectivity index (χ1n) is 5.75. The number of alkyl halides is 4. The van der Waals surface area contributed by atoms with Gasteiger partial charge in [-0.05, 0) is 24.6 Å². The van der Waals surface area contributed by atoms with Crippen molar-refractivity contribution in [3.8, 4) is 5.69 Å². The Hall–Kier alpha value is -1.08. The molecule has 0 aliphatic rings. The molecule has 0 fully saturated rings. The average molecular weight is 369 g/mol. The summed E-state index contributed by atoms with van der Waals surface area (Å²) in [4.78, 5) is 0.0116. The van der Waals surface area contributed by atoms with E-state index in [9.17, 15) is 13.2 Å². The van der Waals surface area contributed by atoms with Crippen LogP contribution in [0.3, 0.4) is 0 Å². The molecule has 2 rings (SSSR count). The van der Waals surface area contributed by atoms with Gasteiger partial charge in [0.1, 0.15) is 0 Å². The summed E-state index contributed by atoms with van der Waals surface area (Å²) < 4.78 is 39.5. The summed E-state index contributed by atoms with van der Waals surface area (Å²) in [5, 5.41) is 7.75. The van der Waals surface area contributed by atoms with Crippen LogP contribution in [0, 0.1) is 0 Å². The fraction of sp³-hybridized carbons (Fsp3) is 0.333. The fourth-order valence-electron chi connectivity index (χ4n) is 1.63. The Bertz CT molecular complexity index is 612. The van der Waals surface area contributed by atoms with Crippen LogP contribution >= 0.6 is 27.5 Å². The highest BCUT2D eigenvalue weighted by Crippen LogP contribution is 2.33. The van der Waals surface area contributed by atoms with Gasteiger partial charge >= 0.3 is 6.18 Å². The molecule has 2 aromatic rings. The van der Waals surface area contributed by atoms with Gasteiger partial charge in [0.15, 0.2) is 0 Å². The zero-order valence-electron chi connectivity index (χ0n) is 10.3. The first-order chi connectivity index (χ1) is 9.31. The molecule has 1 atom stereocenters. The zero-order chi connectivity index (χ0) is 14.9. The molecule has 0 radical (unpaired) electrons. The van der Waals surface area contributed by atoms with E-state index in [0.717, 1.165) is 18.6 Å². The molecule has 0 aliphatic carbocycles. The van der Waals surface area contributed by atoms with Crippen molar-refractivity contribution in [3.05, 3.63) is 40.7 Å². The number of benzene rings is 1. The Kier molecular flexibility index (Phi) is 4.39. The number of nitrogens with zero attached hydrogens (tertiary/aromatic N) is 3. The monoisotopic (exact) mass is 367 g/mol. The Morgan fingerprint density at radius 1 is 1.35 bits per heavy atom. The van der Waals surface area contributed by atoms with Gasteiger partial charge in [0.2, 0.25) is 0 Å². The van der Waals surface area contributed by atoms with Crippen LogP contribution in [0.15, 0.2) is 24.4 Å². The molecule has 0 saturated carbocycles. The van der Waals surface area contributed by atoms with Crippen molar-refractivity contribution in [1.29, 1.82) is 0 Å². The van der Waals surface area contributed by atoms with E-state index in [1.54, 1.807) is 6.20 Å². The molecular formula is C12H10BrClF3N3. The second kappa shape index (κ2) is 5.73. The Labute approximate surface area is 126 Å². The average Bonchev–Trinajstić information content (AvgIpc) is 2.85. The summed E-state index contributed by atoms with van der Waals surface area (Å²) in [7, 11) is 0. The lowest BCUT2D eigenvalue weighted by molar-refractivity contribution is -0.137. The van der Waals surface area contributed by atoms with Crippen LogP contribution in [0.25, 0.3) is 5.69 Å². The minimum absolute atomic E-state index is 0.00208. The number of halogens is 5. The lowest BCUT2D eigenvalue weighted by atomic mass is 10.2. The van der Waals surface area contributed by atoms with Gasteiger partial charge in [0, 0.05) is 5.02 Å². The molecule has 20 heavy (non-hydrogen) atoms. The molecule has 1 unspecified atom stereocenters. The maximum absolute atomic E-state index is 12.7. The van der Waals surface area contributed by atoms with E-state index in [0.29, 0.717) is 5.69 Å². The minimum Gasteiger partial charge on any atom is -0.220 e. The number of aromatic nitrogens is 3. The molecule has 0 saturated heterocycles. The molecule has 0 spiro atoms. The second-order valence-corrected chi connectivity index (χ2v) is 5.70. The largest absolute Gasteiger partial charge is 0.416 e. The van der Waals surface area contributed by atoms with Crippen LogP contribution in [0.2, 0.25) is 5.02 Å². The van der Waals surface area contributed by atoms with Crippen molar-refractivity contribution in [2.24, 2.45) is 0 Å². The number of rotatable bonds is 3. The molecule has 1 aromatic carbocycles. The van der Waals surface area contributed by atoms with Gasteiger partial charge in [-0.25, -0.2) is 4.68 Å². The van der Waals surface area contributed by atoms with Gasteiger partial charge in [-0.3, -0.25) is 0 Å². The Balaban J connectivity index is 2.42. The number of hydrogen-bond acceptors (Lipinski definition) is 2. The number of hydrogen-bond donors (Lipinski definition) is 0. The molecule has 0 bridgehead atoms. The Morgan fingerprint density at radius 2 is 2.05 bits per heavy atom. The highest BCUT2D eigenvalue weighted by Gasteiger charge is 2.31. The first-order valence-corrected chi connectivity index (χ1v) is 7.05. The van der Waals surface area contributed by atoms with Crippen molar-refractivity contribution < 1.29 is 13.2 Å². The summed E-state index contributed by atoms with van der Waals surface area (Å²) in [6.07, 6.45) is -2.08. The van der Waals surface area contributed by atoms with Gasteiger partial charge in [0.25, 0.3) is 0 Å². The molecule has 0 N–H and O–H groups in total. The quantitative estimate of drug-likeness (QED) is 0.730. The van der Waals surface area contributed by atoms with E-state index in [1.165, 1.54) is 10.7 Å². The second-order valence-electron chi connectivity index (χ2n) is 4.16. The van der Waals surface area contributed by atoms with Gasteiger partial charge in [-0.1, -0.05) is 39.7 Å². The van der Waals surface area contributed by atoms with Crippen molar-refractivity contribution in [1.82, 2.24) is 15.0 Å². The summed E-state index contributed by atoms with van der Waals surface area (Å²) in [5.74, 6) is 0.